The molecule has 164 valence electrons. The summed E-state index contributed by atoms with van der Waals surface area (Å²) >= 11 is 5.91. The maximum absolute atomic E-state index is 11.0. The molecule has 0 spiro atoms. The van der Waals surface area contributed by atoms with E-state index in [1.807, 2.05) is 6.08 Å². The van der Waals surface area contributed by atoms with E-state index in [1.165, 1.54) is 7.11 Å². The van der Waals surface area contributed by atoms with Gasteiger partial charge >= 0.3 is 5.97 Å². The topological polar surface area (TPSA) is 96.2 Å². The fourth-order valence-corrected chi connectivity index (χ4v) is 3.58. The monoisotopic (exact) mass is 436 g/mol. The molecule has 0 heterocycles. The van der Waals surface area contributed by atoms with Crippen LogP contribution in [0.15, 0.2) is 60.7 Å². The van der Waals surface area contributed by atoms with Crippen molar-refractivity contribution in [2.24, 2.45) is 11.8 Å². The van der Waals surface area contributed by atoms with Crippen LogP contribution in [-0.2, 0) is 9.53 Å². The molecule has 0 bridgehead atoms. The molecular weight excluding hydrogens is 408 g/mol. The van der Waals surface area contributed by atoms with Gasteiger partial charge in [-0.05, 0) is 30.5 Å². The smallest absolute Gasteiger partial charge is 0.309 e. The Bertz CT molecular complexity index is 760. The van der Waals surface area contributed by atoms with Gasteiger partial charge in [0, 0.05) is 17.4 Å². The molecule has 0 radical (unpaired) electrons. The number of carbonyl (C=O) groups excluding carboxylic acids is 1. The number of ether oxygens (including phenoxy) is 2. The first-order valence-electron chi connectivity index (χ1n) is 9.90. The summed E-state index contributed by atoms with van der Waals surface area (Å²) in [6.45, 7) is 0.0533. The van der Waals surface area contributed by atoms with E-state index >= 15 is 0 Å². The van der Waals surface area contributed by atoms with E-state index in [0.717, 1.165) is 0 Å². The van der Waals surface area contributed by atoms with E-state index in [1.54, 1.807) is 54.6 Å². The summed E-state index contributed by atoms with van der Waals surface area (Å²) in [7, 11) is 1.34. The second-order valence-electron chi connectivity index (χ2n) is 7.20. The fraction of sp³-hybridized carbons (Fsp3) is 0.435. The normalized spacial score (nSPS) is 25.4. The zero-order valence-electron chi connectivity index (χ0n) is 16.9. The lowest BCUT2D eigenvalue weighted by molar-refractivity contribution is -0.139. The largest absolute Gasteiger partial charge is 0.491 e. The van der Waals surface area contributed by atoms with E-state index in [-0.39, 0.29) is 30.8 Å². The van der Waals surface area contributed by atoms with Crippen LogP contribution < -0.4 is 4.74 Å². The Kier molecular flexibility index (Phi) is 10.1. The number of carbonyl (C=O) groups is 1. The number of halogens is 1. The van der Waals surface area contributed by atoms with Crippen molar-refractivity contribution < 1.29 is 29.6 Å². The molecule has 3 N–H and O–H groups in total. The summed E-state index contributed by atoms with van der Waals surface area (Å²) in [5, 5.41) is 31.3. The number of methoxy groups -OCH3 is 1. The van der Waals surface area contributed by atoms with E-state index < -0.39 is 18.3 Å². The van der Waals surface area contributed by atoms with Gasteiger partial charge in [-0.1, -0.05) is 54.1 Å². The highest BCUT2D eigenvalue weighted by atomic mass is 35.5. The van der Waals surface area contributed by atoms with Gasteiger partial charge in [0.25, 0.3) is 0 Å². The number of aliphatic hydroxyl groups is 3. The molecule has 30 heavy (non-hydrogen) atoms. The van der Waals surface area contributed by atoms with Crippen molar-refractivity contribution in [3.63, 3.8) is 0 Å². The molecule has 1 aliphatic rings. The van der Waals surface area contributed by atoms with E-state index in [4.69, 9.17) is 16.3 Å². The van der Waals surface area contributed by atoms with Crippen LogP contribution in [0.4, 0.5) is 0 Å². The highest BCUT2D eigenvalue weighted by Gasteiger charge is 2.39. The van der Waals surface area contributed by atoms with Crippen molar-refractivity contribution in [2.75, 3.05) is 13.7 Å². The predicted octanol–water partition coefficient (Wildman–Crippen LogP) is 3.06. The Hall–Kier alpha value is -2.12. The molecule has 5 atom stereocenters. The van der Waals surface area contributed by atoms with Crippen molar-refractivity contribution in [1.82, 2.24) is 0 Å². The lowest BCUT2D eigenvalue weighted by Crippen LogP contribution is -2.21. The molecule has 0 saturated heterocycles. The quantitative estimate of drug-likeness (QED) is 0.296. The standard InChI is InChI=1S/C23H29ClO6/c1-29-23(28)10-5-3-2-4-9-19-20(22(27)14-21(19)26)12-11-17(25)15-30-18-8-6-7-16(24)13-18/h2-8,11-13,17,19-22,25-27H,9-10,14-15H2,1H3/b4-2+,5-3+,12-11+/t17-,19?,20-,21?,22?/m1/s1. The summed E-state index contributed by atoms with van der Waals surface area (Å²) in [6, 6.07) is 6.92. The van der Waals surface area contributed by atoms with Crippen molar-refractivity contribution >= 4 is 17.6 Å². The van der Waals surface area contributed by atoms with Crippen molar-refractivity contribution in [1.29, 1.82) is 0 Å². The number of hydrogen-bond donors (Lipinski definition) is 3. The van der Waals surface area contributed by atoms with Gasteiger partial charge in [-0.3, -0.25) is 4.79 Å². The summed E-state index contributed by atoms with van der Waals surface area (Å²) in [4.78, 5) is 11.0. The molecule has 6 nitrogen and oxygen atoms in total. The average molecular weight is 437 g/mol. The SMILES string of the molecule is COC(=O)C/C=C/C=C/CC1C(O)CC(O)[C@@H]1/C=C/[C@@H](O)COc1cccc(Cl)c1. The summed E-state index contributed by atoms with van der Waals surface area (Å²) in [5.41, 5.74) is 0. The van der Waals surface area contributed by atoms with Gasteiger partial charge in [0.1, 0.15) is 18.5 Å². The fourth-order valence-electron chi connectivity index (χ4n) is 3.40. The molecule has 2 rings (SSSR count). The van der Waals surface area contributed by atoms with E-state index in [2.05, 4.69) is 4.74 Å². The number of benzene rings is 1. The minimum absolute atomic E-state index is 0.0533. The van der Waals surface area contributed by atoms with Crippen LogP contribution in [0.2, 0.25) is 5.02 Å². The molecular formula is C23H29ClO6. The second kappa shape index (κ2) is 12.5. The zero-order valence-corrected chi connectivity index (χ0v) is 17.7. The first kappa shape index (κ1) is 24.2. The molecule has 0 aromatic heterocycles. The highest BCUT2D eigenvalue weighted by Crippen LogP contribution is 2.36. The Morgan fingerprint density at radius 1 is 1.27 bits per heavy atom. The van der Waals surface area contributed by atoms with Crippen LogP contribution in [0.1, 0.15) is 19.3 Å². The lowest BCUT2D eigenvalue weighted by Gasteiger charge is -2.19. The number of rotatable bonds is 10. The minimum atomic E-state index is -0.855. The lowest BCUT2D eigenvalue weighted by atomic mass is 9.90. The first-order valence-corrected chi connectivity index (χ1v) is 10.3. The van der Waals surface area contributed by atoms with Crippen LogP contribution in [0, 0.1) is 11.8 Å². The minimum Gasteiger partial charge on any atom is -0.491 e. The predicted molar refractivity (Wildman–Crippen MR) is 115 cm³/mol. The van der Waals surface area contributed by atoms with Gasteiger partial charge in [-0.2, -0.15) is 0 Å². The van der Waals surface area contributed by atoms with E-state index in [9.17, 15) is 20.1 Å². The molecule has 1 fully saturated rings. The molecule has 0 amide bonds. The first-order chi connectivity index (χ1) is 14.4. The maximum atomic E-state index is 11.0. The molecule has 1 aromatic carbocycles. The number of aliphatic hydroxyl groups excluding tert-OH is 3. The summed E-state index contributed by atoms with van der Waals surface area (Å²) in [6.07, 6.45) is 9.36. The molecule has 3 unspecified atom stereocenters. The molecule has 0 aliphatic heterocycles. The van der Waals surface area contributed by atoms with Crippen LogP contribution in [-0.4, -0.2) is 53.3 Å². The summed E-state index contributed by atoms with van der Waals surface area (Å²) < 4.78 is 10.1. The maximum Gasteiger partial charge on any atom is 0.309 e. The third-order valence-corrected chi connectivity index (χ3v) is 5.23. The molecule has 7 heteroatoms. The van der Waals surface area contributed by atoms with E-state index in [0.29, 0.717) is 23.6 Å². The zero-order chi connectivity index (χ0) is 21.9. The van der Waals surface area contributed by atoms with Gasteiger partial charge < -0.3 is 24.8 Å². The highest BCUT2D eigenvalue weighted by molar-refractivity contribution is 6.30. The number of hydrogen-bond acceptors (Lipinski definition) is 6. The van der Waals surface area contributed by atoms with Gasteiger partial charge in [-0.15, -0.1) is 0 Å². The third kappa shape index (κ3) is 7.95. The Morgan fingerprint density at radius 3 is 2.77 bits per heavy atom. The summed E-state index contributed by atoms with van der Waals surface area (Å²) in [5.74, 6) is -0.182. The Morgan fingerprint density at radius 2 is 2.03 bits per heavy atom. The van der Waals surface area contributed by atoms with Crippen molar-refractivity contribution in [3.05, 3.63) is 65.7 Å². The van der Waals surface area contributed by atoms with Crippen molar-refractivity contribution in [2.45, 2.75) is 37.6 Å². The van der Waals surface area contributed by atoms with Crippen LogP contribution in [0.3, 0.4) is 0 Å². The van der Waals surface area contributed by atoms with Crippen molar-refractivity contribution in [3.8, 4) is 5.75 Å². The van der Waals surface area contributed by atoms with Crippen LogP contribution >= 0.6 is 11.6 Å². The van der Waals surface area contributed by atoms with Crippen LogP contribution in [0.5, 0.6) is 5.75 Å². The van der Waals surface area contributed by atoms with Gasteiger partial charge in [-0.25, -0.2) is 0 Å². The molecule has 1 saturated carbocycles. The van der Waals surface area contributed by atoms with Gasteiger partial charge in [0.2, 0.25) is 0 Å². The van der Waals surface area contributed by atoms with Gasteiger partial charge in [0.05, 0.1) is 25.7 Å². The number of esters is 1. The number of allylic oxidation sites excluding steroid dienone is 3. The van der Waals surface area contributed by atoms with Gasteiger partial charge in [0.15, 0.2) is 0 Å². The Labute approximate surface area is 182 Å². The molecule has 1 aliphatic carbocycles. The second-order valence-corrected chi connectivity index (χ2v) is 7.64. The Balaban J connectivity index is 1.86. The molecule has 1 aromatic rings. The average Bonchev–Trinajstić information content (AvgIpc) is 2.99. The third-order valence-electron chi connectivity index (χ3n) is 4.99. The van der Waals surface area contributed by atoms with Crippen LogP contribution in [0.25, 0.3) is 0 Å².